The minimum Gasteiger partial charge on any atom is -0.480 e. The van der Waals surface area contributed by atoms with Gasteiger partial charge in [0, 0.05) is 19.4 Å². The lowest BCUT2D eigenvalue weighted by atomic mass is 10.0. The number of amides is 6. The number of carboxylic acids is 1. The summed E-state index contributed by atoms with van der Waals surface area (Å²) in [5.74, 6) is -6.71. The number of aliphatic carboxylic acids is 1. The first-order valence-electron chi connectivity index (χ1n) is 17.1. The van der Waals surface area contributed by atoms with Crippen LogP contribution < -0.4 is 49.1 Å². The van der Waals surface area contributed by atoms with Crippen molar-refractivity contribution in [1.82, 2.24) is 31.9 Å². The summed E-state index contributed by atoms with van der Waals surface area (Å²) >= 11 is 0. The number of carbonyl (C=O) groups is 7. The third-order valence-electron chi connectivity index (χ3n) is 8.23. The first-order chi connectivity index (χ1) is 24.6. The number of nitrogens with zero attached hydrogens (tertiary/aromatic N) is 1. The molecule has 0 radical (unpaired) electrons. The van der Waals surface area contributed by atoms with Crippen molar-refractivity contribution in [3.8, 4) is 0 Å². The average Bonchev–Trinajstić information content (AvgIpc) is 3.64. The summed E-state index contributed by atoms with van der Waals surface area (Å²) in [7, 11) is 0. The van der Waals surface area contributed by atoms with Crippen molar-refractivity contribution in [2.45, 2.75) is 95.0 Å². The highest BCUT2D eigenvalue weighted by molar-refractivity contribution is 5.96. The van der Waals surface area contributed by atoms with Gasteiger partial charge in [0.1, 0.15) is 30.2 Å². The van der Waals surface area contributed by atoms with Gasteiger partial charge in [0.15, 0.2) is 5.96 Å². The maximum absolute atomic E-state index is 13.7. The fraction of sp³-hybridized carbons (Fsp3) is 0.576. The first-order valence-corrected chi connectivity index (χ1v) is 17.1. The molecule has 0 saturated carbocycles. The van der Waals surface area contributed by atoms with Gasteiger partial charge in [-0.05, 0) is 50.1 Å². The van der Waals surface area contributed by atoms with Crippen LogP contribution in [0.4, 0.5) is 0 Å². The molecule has 19 heteroatoms. The number of rotatable bonds is 22. The Morgan fingerprint density at radius 2 is 1.44 bits per heavy atom. The third-order valence-corrected chi connectivity index (χ3v) is 8.23. The summed E-state index contributed by atoms with van der Waals surface area (Å²) in [5.41, 5.74) is 16.7. The van der Waals surface area contributed by atoms with E-state index in [9.17, 15) is 43.8 Å². The molecule has 6 amide bonds. The Hall–Kier alpha value is -5.30. The van der Waals surface area contributed by atoms with E-state index >= 15 is 0 Å². The monoisotopic (exact) mass is 732 g/mol. The Balaban J connectivity index is 2.24. The summed E-state index contributed by atoms with van der Waals surface area (Å²) in [6.45, 7) is 3.01. The van der Waals surface area contributed by atoms with E-state index in [0.29, 0.717) is 13.0 Å². The van der Waals surface area contributed by atoms with E-state index in [4.69, 9.17) is 17.2 Å². The zero-order valence-corrected chi connectivity index (χ0v) is 29.4. The number of carboxylic acid groups (broad SMARTS) is 1. The van der Waals surface area contributed by atoms with Crippen LogP contribution >= 0.6 is 0 Å². The Kier molecular flexibility index (Phi) is 18.0. The fourth-order valence-corrected chi connectivity index (χ4v) is 5.35. The van der Waals surface area contributed by atoms with Crippen molar-refractivity contribution >= 4 is 47.4 Å². The second-order valence-electron chi connectivity index (χ2n) is 12.8. The van der Waals surface area contributed by atoms with Gasteiger partial charge < -0.3 is 59.3 Å². The molecule has 0 bridgehead atoms. The lowest BCUT2D eigenvalue weighted by molar-refractivity contribution is -0.143. The van der Waals surface area contributed by atoms with Gasteiger partial charge in [-0.1, -0.05) is 44.2 Å². The molecule has 0 spiro atoms. The molecule has 288 valence electrons. The number of benzene rings is 1. The number of hydrogen-bond donors (Lipinski definition) is 11. The molecule has 0 aromatic heterocycles. The number of aliphatic hydroxyl groups excluding tert-OH is 1. The molecule has 52 heavy (non-hydrogen) atoms. The molecular formula is C33H52N10O9. The molecule has 19 nitrogen and oxygen atoms in total. The summed E-state index contributed by atoms with van der Waals surface area (Å²) < 4.78 is 0. The number of aliphatic imine (C=N–C) groups is 1. The zero-order chi connectivity index (χ0) is 38.8. The normalized spacial score (nSPS) is 16.7. The molecule has 2 rings (SSSR count). The average molecular weight is 733 g/mol. The van der Waals surface area contributed by atoms with Crippen molar-refractivity contribution in [2.24, 2.45) is 28.1 Å². The number of aliphatic hydroxyl groups is 1. The second-order valence-corrected chi connectivity index (χ2v) is 12.8. The number of guanidine groups is 1. The van der Waals surface area contributed by atoms with Crippen LogP contribution in [0.3, 0.4) is 0 Å². The van der Waals surface area contributed by atoms with Crippen LogP contribution in [0.2, 0.25) is 0 Å². The van der Waals surface area contributed by atoms with Gasteiger partial charge in [0.2, 0.25) is 35.4 Å². The smallest absolute Gasteiger partial charge is 0.326 e. The van der Waals surface area contributed by atoms with Crippen molar-refractivity contribution < 1.29 is 43.8 Å². The molecule has 1 aliphatic heterocycles. The molecule has 6 atom stereocenters. The van der Waals surface area contributed by atoms with Crippen LogP contribution in [0.5, 0.6) is 0 Å². The molecule has 1 heterocycles. The Labute approximate surface area is 301 Å². The summed E-state index contributed by atoms with van der Waals surface area (Å²) in [4.78, 5) is 93.3. The first kappa shape index (κ1) is 42.9. The van der Waals surface area contributed by atoms with Crippen molar-refractivity contribution in [3.05, 3.63) is 35.9 Å². The van der Waals surface area contributed by atoms with E-state index in [0.717, 1.165) is 12.0 Å². The fourth-order valence-electron chi connectivity index (χ4n) is 5.35. The van der Waals surface area contributed by atoms with Gasteiger partial charge in [0.25, 0.3) is 0 Å². The van der Waals surface area contributed by atoms with Crippen LogP contribution in [0.25, 0.3) is 0 Å². The molecule has 0 aliphatic carbocycles. The Morgan fingerprint density at radius 1 is 0.827 bits per heavy atom. The predicted molar refractivity (Wildman–Crippen MR) is 189 cm³/mol. The molecule has 1 aliphatic rings. The minimum absolute atomic E-state index is 0.0107. The number of hydrogen-bond acceptors (Lipinski definition) is 10. The second kappa shape index (κ2) is 21.8. The van der Waals surface area contributed by atoms with Crippen LogP contribution in [0, 0.1) is 5.92 Å². The van der Waals surface area contributed by atoms with Crippen LogP contribution in [0.15, 0.2) is 35.3 Å². The summed E-state index contributed by atoms with van der Waals surface area (Å²) in [6, 6.07) is 1.74. The van der Waals surface area contributed by atoms with Crippen LogP contribution in [-0.2, 0) is 40.0 Å². The Bertz CT molecular complexity index is 1420. The van der Waals surface area contributed by atoms with Crippen molar-refractivity contribution in [2.75, 3.05) is 19.7 Å². The maximum atomic E-state index is 13.7. The van der Waals surface area contributed by atoms with Crippen LogP contribution in [-0.4, -0.2) is 114 Å². The number of nitrogens with one attached hydrogen (secondary N) is 6. The minimum atomic E-state index is -1.60. The van der Waals surface area contributed by atoms with Gasteiger partial charge in [-0.3, -0.25) is 33.8 Å². The third kappa shape index (κ3) is 14.9. The van der Waals surface area contributed by atoms with Gasteiger partial charge in [-0.15, -0.1) is 0 Å². The van der Waals surface area contributed by atoms with E-state index in [2.05, 4.69) is 36.9 Å². The highest BCUT2D eigenvalue weighted by atomic mass is 16.4. The van der Waals surface area contributed by atoms with E-state index in [-0.39, 0.29) is 50.5 Å². The molecule has 1 saturated heterocycles. The SMILES string of the molecule is CC(C)C(NC(=O)C(CO)NC(=O)C(CCCN=C(N)N)NC(=O)C(Cc1ccccc1)NC(=O)C1CCCN1)C(=O)NC(CCC(N)=O)C(=O)O. The highest BCUT2D eigenvalue weighted by Gasteiger charge is 2.34. The largest absolute Gasteiger partial charge is 0.480 e. The highest BCUT2D eigenvalue weighted by Crippen LogP contribution is 2.10. The molecule has 1 aromatic carbocycles. The molecule has 1 fully saturated rings. The molecule has 14 N–H and O–H groups in total. The van der Waals surface area contributed by atoms with E-state index < -0.39 is 84.3 Å². The molecule has 6 unspecified atom stereocenters. The summed E-state index contributed by atoms with van der Waals surface area (Å²) in [5, 5.41) is 35.2. The van der Waals surface area contributed by atoms with Gasteiger partial charge in [0.05, 0.1) is 12.6 Å². The molecular weight excluding hydrogens is 680 g/mol. The topological polar surface area (TPSA) is 323 Å². The van der Waals surface area contributed by atoms with Gasteiger partial charge in [-0.25, -0.2) is 4.79 Å². The number of primary amides is 1. The quantitative estimate of drug-likeness (QED) is 0.0314. The number of carbonyl (C=O) groups excluding carboxylic acids is 6. The van der Waals surface area contributed by atoms with Crippen molar-refractivity contribution in [1.29, 1.82) is 0 Å². The lowest BCUT2D eigenvalue weighted by Crippen LogP contribution is -2.60. The standard InChI is InChI=1S/C33H52N10O9/c1-18(2)26(31(50)40-22(32(51)52)12-13-25(34)45)43-30(49)24(17-44)42-28(47)21(11-7-15-38-33(35)36)39-29(48)23(16-19-8-4-3-5-9-19)41-27(46)20-10-6-14-37-20/h3-5,8-9,18,20-24,26,37,44H,6-7,10-17H2,1-2H3,(H2,34,45)(H,39,48)(H,40,50)(H,41,46)(H,42,47)(H,43,49)(H,51,52)(H4,35,36,38). The zero-order valence-electron chi connectivity index (χ0n) is 29.4. The maximum Gasteiger partial charge on any atom is 0.326 e. The molecule has 1 aromatic rings. The van der Waals surface area contributed by atoms with Gasteiger partial charge in [-0.2, -0.15) is 0 Å². The van der Waals surface area contributed by atoms with E-state index in [1.165, 1.54) is 0 Å². The van der Waals surface area contributed by atoms with Gasteiger partial charge >= 0.3 is 5.97 Å². The summed E-state index contributed by atoms with van der Waals surface area (Å²) in [6.07, 6.45) is 1.12. The van der Waals surface area contributed by atoms with Crippen molar-refractivity contribution in [3.63, 3.8) is 0 Å². The lowest BCUT2D eigenvalue weighted by Gasteiger charge is -2.27. The number of nitrogens with two attached hydrogens (primary N) is 3. The predicted octanol–water partition coefficient (Wildman–Crippen LogP) is -3.54. The van der Waals surface area contributed by atoms with Crippen LogP contribution in [0.1, 0.15) is 57.9 Å². The van der Waals surface area contributed by atoms with E-state index in [1.54, 1.807) is 44.2 Å². The Morgan fingerprint density at radius 3 is 2.00 bits per heavy atom. The van der Waals surface area contributed by atoms with E-state index in [1.807, 2.05) is 0 Å².